The molecule has 6 heteroatoms. The van der Waals surface area contributed by atoms with Crippen LogP contribution in [-0.4, -0.2) is 42.5 Å². The summed E-state index contributed by atoms with van der Waals surface area (Å²) in [6, 6.07) is 0. The summed E-state index contributed by atoms with van der Waals surface area (Å²) in [7, 11) is 1.41. The number of ether oxygens (including phenoxy) is 2. The number of esters is 1. The molecule has 22 heavy (non-hydrogen) atoms. The van der Waals surface area contributed by atoms with Crippen molar-refractivity contribution < 1.29 is 24.2 Å². The van der Waals surface area contributed by atoms with Crippen LogP contribution in [0, 0.1) is 11.8 Å². The summed E-state index contributed by atoms with van der Waals surface area (Å²) in [6.07, 6.45) is 3.02. The molecule has 1 aliphatic carbocycles. The fourth-order valence-electron chi connectivity index (χ4n) is 2.90. The van der Waals surface area contributed by atoms with Crippen molar-refractivity contribution in [2.45, 2.75) is 64.5 Å². The zero-order valence-electron chi connectivity index (χ0n) is 14.1. The minimum absolute atomic E-state index is 0.0773. The van der Waals surface area contributed by atoms with Gasteiger partial charge in [0.2, 0.25) is 0 Å². The van der Waals surface area contributed by atoms with E-state index in [0.717, 1.165) is 25.7 Å². The molecule has 1 rings (SSSR count). The molecule has 1 fully saturated rings. The van der Waals surface area contributed by atoms with E-state index in [0.29, 0.717) is 6.42 Å². The minimum atomic E-state index is -0.538. The van der Waals surface area contributed by atoms with Gasteiger partial charge in [-0.15, -0.1) is 0 Å². The fourth-order valence-corrected chi connectivity index (χ4v) is 2.90. The molecule has 1 amide bonds. The number of amides is 1. The van der Waals surface area contributed by atoms with Crippen LogP contribution in [0.1, 0.15) is 52.9 Å². The Morgan fingerprint density at radius 1 is 1.32 bits per heavy atom. The highest BCUT2D eigenvalue weighted by atomic mass is 16.6. The van der Waals surface area contributed by atoms with Gasteiger partial charge in [-0.25, -0.2) is 4.79 Å². The number of hydrogen-bond acceptors (Lipinski definition) is 5. The molecule has 2 unspecified atom stereocenters. The maximum atomic E-state index is 11.8. The predicted octanol–water partition coefficient (Wildman–Crippen LogP) is 2.24. The highest BCUT2D eigenvalue weighted by Crippen LogP contribution is 2.33. The highest BCUT2D eigenvalue weighted by Gasteiger charge is 2.30. The summed E-state index contributed by atoms with van der Waals surface area (Å²) >= 11 is 0. The summed E-state index contributed by atoms with van der Waals surface area (Å²) < 4.78 is 10.1. The van der Waals surface area contributed by atoms with E-state index in [9.17, 15) is 14.7 Å². The number of carbonyl (C=O) groups is 2. The first-order chi connectivity index (χ1) is 10.2. The monoisotopic (exact) mass is 315 g/mol. The molecule has 1 saturated carbocycles. The van der Waals surface area contributed by atoms with Crippen LogP contribution in [0.5, 0.6) is 0 Å². The quantitative estimate of drug-likeness (QED) is 0.760. The molecule has 2 N–H and O–H groups in total. The fraction of sp³-hybridized carbons (Fsp3) is 0.875. The zero-order chi connectivity index (χ0) is 16.8. The van der Waals surface area contributed by atoms with E-state index in [2.05, 4.69) is 5.32 Å². The van der Waals surface area contributed by atoms with Crippen LogP contribution >= 0.6 is 0 Å². The molecule has 0 radical (unpaired) electrons. The maximum Gasteiger partial charge on any atom is 0.407 e. The lowest BCUT2D eigenvalue weighted by atomic mass is 9.79. The molecular weight excluding hydrogens is 286 g/mol. The Morgan fingerprint density at radius 2 is 2.00 bits per heavy atom. The molecule has 6 nitrogen and oxygen atoms in total. The number of hydrogen-bond donors (Lipinski definition) is 2. The van der Waals surface area contributed by atoms with Gasteiger partial charge >= 0.3 is 12.1 Å². The third-order valence-corrected chi connectivity index (χ3v) is 3.87. The number of aliphatic hydroxyl groups is 1. The topological polar surface area (TPSA) is 84.9 Å². The van der Waals surface area contributed by atoms with Gasteiger partial charge in [0, 0.05) is 5.54 Å². The number of nitrogens with one attached hydrogen (secondary N) is 1. The summed E-state index contributed by atoms with van der Waals surface area (Å²) in [5.74, 6) is 0.0144. The number of alkyl carbamates (subject to hydrolysis) is 1. The summed E-state index contributed by atoms with van der Waals surface area (Å²) in [5.41, 5.74) is -0.377. The van der Waals surface area contributed by atoms with Crippen molar-refractivity contribution in [3.63, 3.8) is 0 Å². The maximum absolute atomic E-state index is 11.8. The van der Waals surface area contributed by atoms with Crippen LogP contribution in [0.15, 0.2) is 0 Å². The summed E-state index contributed by atoms with van der Waals surface area (Å²) in [6.45, 7) is 5.38. The predicted molar refractivity (Wildman–Crippen MR) is 82.3 cm³/mol. The lowest BCUT2D eigenvalue weighted by Gasteiger charge is -2.30. The van der Waals surface area contributed by atoms with Crippen LogP contribution in [0.2, 0.25) is 0 Å². The lowest BCUT2D eigenvalue weighted by Crippen LogP contribution is -2.43. The van der Waals surface area contributed by atoms with Crippen molar-refractivity contribution in [2.75, 3.05) is 13.7 Å². The van der Waals surface area contributed by atoms with Crippen molar-refractivity contribution in [1.82, 2.24) is 5.32 Å². The first-order valence-electron chi connectivity index (χ1n) is 7.92. The van der Waals surface area contributed by atoms with Crippen LogP contribution in [0.4, 0.5) is 4.79 Å². The van der Waals surface area contributed by atoms with Gasteiger partial charge in [-0.2, -0.15) is 0 Å². The largest absolute Gasteiger partial charge is 0.469 e. The van der Waals surface area contributed by atoms with Gasteiger partial charge in [-0.3, -0.25) is 4.79 Å². The van der Waals surface area contributed by atoms with Crippen molar-refractivity contribution in [2.24, 2.45) is 11.8 Å². The third-order valence-electron chi connectivity index (χ3n) is 3.87. The SMILES string of the molecule is COC(=O)C1CCCC(C[C@@H](CO)OC(=O)NC(C)(C)C)C1. The van der Waals surface area contributed by atoms with Crippen molar-refractivity contribution in [3.8, 4) is 0 Å². The molecule has 0 aromatic carbocycles. The molecule has 128 valence electrons. The second kappa shape index (κ2) is 8.36. The van der Waals surface area contributed by atoms with Crippen LogP contribution < -0.4 is 5.32 Å². The Morgan fingerprint density at radius 3 is 2.55 bits per heavy atom. The third kappa shape index (κ3) is 6.64. The minimum Gasteiger partial charge on any atom is -0.469 e. The van der Waals surface area contributed by atoms with E-state index in [4.69, 9.17) is 9.47 Å². The van der Waals surface area contributed by atoms with Gasteiger partial charge in [-0.05, 0) is 46.0 Å². The second-order valence-corrected chi connectivity index (χ2v) is 7.07. The standard InChI is InChI=1S/C16H29NO5/c1-16(2,3)17-15(20)22-13(10-18)9-11-6-5-7-12(8-11)14(19)21-4/h11-13,18H,5-10H2,1-4H3,(H,17,20)/t11?,12?,13-/m0/s1. The van der Waals surface area contributed by atoms with Gasteiger partial charge < -0.3 is 19.9 Å². The van der Waals surface area contributed by atoms with Crippen LogP contribution in [0.25, 0.3) is 0 Å². The first-order valence-corrected chi connectivity index (χ1v) is 7.92. The van der Waals surface area contributed by atoms with Crippen molar-refractivity contribution >= 4 is 12.1 Å². The van der Waals surface area contributed by atoms with Crippen LogP contribution in [-0.2, 0) is 14.3 Å². The zero-order valence-corrected chi connectivity index (χ0v) is 14.1. The Balaban J connectivity index is 2.48. The number of methoxy groups -OCH3 is 1. The van der Waals surface area contributed by atoms with E-state index in [1.807, 2.05) is 20.8 Å². The summed E-state index contributed by atoms with van der Waals surface area (Å²) in [5, 5.41) is 12.1. The molecule has 0 bridgehead atoms. The Hall–Kier alpha value is -1.30. The van der Waals surface area contributed by atoms with Gasteiger partial charge in [0.25, 0.3) is 0 Å². The first kappa shape index (κ1) is 18.7. The molecule has 0 aromatic heterocycles. The van der Waals surface area contributed by atoms with Gasteiger partial charge in [-0.1, -0.05) is 12.8 Å². The van der Waals surface area contributed by atoms with E-state index >= 15 is 0 Å². The molecule has 0 heterocycles. The Kier molecular flexibility index (Phi) is 7.13. The van der Waals surface area contributed by atoms with E-state index in [1.54, 1.807) is 0 Å². The van der Waals surface area contributed by atoms with Gasteiger partial charge in [0.1, 0.15) is 6.10 Å². The number of aliphatic hydroxyl groups excluding tert-OH is 1. The number of carbonyl (C=O) groups excluding carboxylic acids is 2. The van der Waals surface area contributed by atoms with Crippen molar-refractivity contribution in [3.05, 3.63) is 0 Å². The molecular formula is C16H29NO5. The molecule has 0 saturated heterocycles. The smallest absolute Gasteiger partial charge is 0.407 e. The molecule has 3 atom stereocenters. The van der Waals surface area contributed by atoms with Crippen LogP contribution in [0.3, 0.4) is 0 Å². The van der Waals surface area contributed by atoms with Gasteiger partial charge in [0.05, 0.1) is 19.6 Å². The average Bonchev–Trinajstić information content (AvgIpc) is 2.44. The van der Waals surface area contributed by atoms with E-state index in [1.165, 1.54) is 7.11 Å². The molecule has 0 spiro atoms. The van der Waals surface area contributed by atoms with Crippen molar-refractivity contribution in [1.29, 1.82) is 0 Å². The molecule has 1 aliphatic rings. The Bertz CT molecular complexity index is 377. The van der Waals surface area contributed by atoms with E-state index in [-0.39, 0.29) is 30.0 Å². The molecule has 0 aromatic rings. The number of rotatable bonds is 5. The summed E-state index contributed by atoms with van der Waals surface area (Å²) in [4.78, 5) is 23.4. The van der Waals surface area contributed by atoms with E-state index < -0.39 is 12.2 Å². The second-order valence-electron chi connectivity index (χ2n) is 7.07. The average molecular weight is 315 g/mol. The normalized spacial score (nSPS) is 23.5. The van der Waals surface area contributed by atoms with Gasteiger partial charge in [0.15, 0.2) is 0 Å². The highest BCUT2D eigenvalue weighted by molar-refractivity contribution is 5.72. The Labute approximate surface area is 132 Å². The molecule has 0 aliphatic heterocycles. The lowest BCUT2D eigenvalue weighted by molar-refractivity contribution is -0.147.